The van der Waals surface area contributed by atoms with E-state index in [1.54, 1.807) is 0 Å². The van der Waals surface area contributed by atoms with E-state index in [1.165, 1.54) is 31.3 Å². The van der Waals surface area contributed by atoms with Crippen molar-refractivity contribution in [1.82, 2.24) is 9.97 Å². The first-order valence-corrected chi connectivity index (χ1v) is 19.6. The summed E-state index contributed by atoms with van der Waals surface area (Å²) in [6.45, 7) is 0. The molecule has 56 heavy (non-hydrogen) atoms. The minimum Gasteiger partial charge on any atom is -0.455 e. The molecule has 0 N–H and O–H groups in total. The summed E-state index contributed by atoms with van der Waals surface area (Å²) in [5.41, 5.74) is 13.1. The van der Waals surface area contributed by atoms with Gasteiger partial charge in [-0.1, -0.05) is 140 Å². The molecule has 3 heterocycles. The van der Waals surface area contributed by atoms with Gasteiger partial charge in [0, 0.05) is 47.6 Å². The highest BCUT2D eigenvalue weighted by Crippen LogP contribution is 2.42. The number of aromatic nitrogens is 2. The molecule has 0 fully saturated rings. The maximum absolute atomic E-state index is 6.54. The third-order valence-corrected chi connectivity index (χ3v) is 11.9. The van der Waals surface area contributed by atoms with Gasteiger partial charge in [-0.15, -0.1) is 11.3 Å². The Hall–Kier alpha value is -7.14. The van der Waals surface area contributed by atoms with E-state index in [1.807, 2.05) is 41.7 Å². The lowest BCUT2D eigenvalue weighted by atomic mass is 9.90. The normalized spacial score (nSPS) is 11.6. The van der Waals surface area contributed by atoms with Crippen LogP contribution in [0.1, 0.15) is 0 Å². The molecule has 3 aromatic heterocycles. The standard InChI is InChI=1S/C52H32N2OS/c1-3-14-33(15-4-1)39-18-7-8-19-40(39)37-28-36(35-26-27-50-45(31-35)42-21-10-12-25-49(42)56-50)29-38(30-37)46-32-47(54-52(53-46)34-16-5-2-6-17-34)44-23-13-22-43-41-20-9-11-24-48(41)55-51(43)44/h1-32H. The van der Waals surface area contributed by atoms with E-state index in [0.29, 0.717) is 5.82 Å². The Balaban J connectivity index is 1.17. The van der Waals surface area contributed by atoms with Gasteiger partial charge in [0.15, 0.2) is 5.82 Å². The molecule has 0 aliphatic carbocycles. The van der Waals surface area contributed by atoms with Crippen LogP contribution in [0.15, 0.2) is 199 Å². The Bertz CT molecular complexity index is 3250. The van der Waals surface area contributed by atoms with Crippen molar-refractivity contribution < 1.29 is 4.42 Å². The fourth-order valence-electron chi connectivity index (χ4n) is 8.01. The maximum atomic E-state index is 6.54. The fourth-order valence-corrected chi connectivity index (χ4v) is 9.09. The quantitative estimate of drug-likeness (QED) is 0.171. The number of para-hydroxylation sites is 2. The second kappa shape index (κ2) is 13.3. The number of rotatable bonds is 6. The van der Waals surface area contributed by atoms with Crippen LogP contribution in [-0.4, -0.2) is 9.97 Å². The lowest BCUT2D eigenvalue weighted by Gasteiger charge is -2.15. The van der Waals surface area contributed by atoms with E-state index in [9.17, 15) is 0 Å². The van der Waals surface area contributed by atoms with Crippen LogP contribution < -0.4 is 0 Å². The molecule has 262 valence electrons. The van der Waals surface area contributed by atoms with E-state index in [4.69, 9.17) is 14.4 Å². The summed E-state index contributed by atoms with van der Waals surface area (Å²) in [5, 5.41) is 4.71. The number of benzene rings is 8. The van der Waals surface area contributed by atoms with Crippen molar-refractivity contribution in [1.29, 1.82) is 0 Å². The van der Waals surface area contributed by atoms with Gasteiger partial charge in [0.1, 0.15) is 11.2 Å². The van der Waals surface area contributed by atoms with Crippen LogP contribution in [0.25, 0.3) is 109 Å². The molecule has 11 aromatic rings. The molecule has 0 unspecified atom stereocenters. The molecular formula is C52H32N2OS. The molecule has 0 spiro atoms. The largest absolute Gasteiger partial charge is 0.455 e. The third-order valence-electron chi connectivity index (χ3n) is 10.7. The molecule has 0 saturated carbocycles. The van der Waals surface area contributed by atoms with Crippen molar-refractivity contribution >= 4 is 53.4 Å². The zero-order chi connectivity index (χ0) is 37.0. The van der Waals surface area contributed by atoms with Gasteiger partial charge in [-0.3, -0.25) is 0 Å². The van der Waals surface area contributed by atoms with Crippen LogP contribution >= 0.6 is 11.3 Å². The highest BCUT2D eigenvalue weighted by molar-refractivity contribution is 7.25. The summed E-state index contributed by atoms with van der Waals surface area (Å²) in [6, 6.07) is 68.7. The van der Waals surface area contributed by atoms with Crippen LogP contribution in [0.5, 0.6) is 0 Å². The number of nitrogens with zero attached hydrogens (tertiary/aromatic N) is 2. The first-order valence-electron chi connectivity index (χ1n) is 18.8. The Labute approximate surface area is 327 Å². The summed E-state index contributed by atoms with van der Waals surface area (Å²) in [6.07, 6.45) is 0. The van der Waals surface area contributed by atoms with Crippen molar-refractivity contribution in [2.45, 2.75) is 0 Å². The minimum absolute atomic E-state index is 0.661. The summed E-state index contributed by atoms with van der Waals surface area (Å²) >= 11 is 1.84. The van der Waals surface area contributed by atoms with Crippen LogP contribution in [0, 0.1) is 0 Å². The molecule has 11 rings (SSSR count). The molecule has 3 nitrogen and oxygen atoms in total. The van der Waals surface area contributed by atoms with Gasteiger partial charge >= 0.3 is 0 Å². The summed E-state index contributed by atoms with van der Waals surface area (Å²) in [5.74, 6) is 0.661. The van der Waals surface area contributed by atoms with Crippen molar-refractivity contribution in [3.8, 4) is 67.3 Å². The molecule has 0 amide bonds. The van der Waals surface area contributed by atoms with Gasteiger partial charge < -0.3 is 4.42 Å². The molecule has 0 aliphatic heterocycles. The predicted octanol–water partition coefficient (Wildman–Crippen LogP) is 14.7. The smallest absolute Gasteiger partial charge is 0.160 e. The second-order valence-corrected chi connectivity index (χ2v) is 15.2. The predicted molar refractivity (Wildman–Crippen MR) is 235 cm³/mol. The van der Waals surface area contributed by atoms with Crippen molar-refractivity contribution in [3.05, 3.63) is 194 Å². The minimum atomic E-state index is 0.661. The molecule has 0 radical (unpaired) electrons. The number of hydrogen-bond donors (Lipinski definition) is 0. The molecule has 0 bridgehead atoms. The summed E-state index contributed by atoms with van der Waals surface area (Å²) in [7, 11) is 0. The van der Waals surface area contributed by atoms with E-state index >= 15 is 0 Å². The molecule has 0 saturated heterocycles. The van der Waals surface area contributed by atoms with E-state index in [-0.39, 0.29) is 0 Å². The first-order chi connectivity index (χ1) is 27.7. The van der Waals surface area contributed by atoms with Crippen molar-refractivity contribution in [3.63, 3.8) is 0 Å². The average Bonchev–Trinajstić information content (AvgIpc) is 3.85. The van der Waals surface area contributed by atoms with Gasteiger partial charge in [0.05, 0.1) is 11.4 Å². The van der Waals surface area contributed by atoms with Crippen LogP contribution in [0.3, 0.4) is 0 Å². The van der Waals surface area contributed by atoms with Crippen LogP contribution in [0.2, 0.25) is 0 Å². The van der Waals surface area contributed by atoms with Gasteiger partial charge in [-0.25, -0.2) is 9.97 Å². The summed E-state index contributed by atoms with van der Waals surface area (Å²) < 4.78 is 9.12. The lowest BCUT2D eigenvalue weighted by Crippen LogP contribution is -1.97. The van der Waals surface area contributed by atoms with Gasteiger partial charge in [0.25, 0.3) is 0 Å². The van der Waals surface area contributed by atoms with Crippen molar-refractivity contribution in [2.24, 2.45) is 0 Å². The fraction of sp³-hybridized carbons (Fsp3) is 0. The molecule has 0 aliphatic rings. The van der Waals surface area contributed by atoms with Gasteiger partial charge in [0.2, 0.25) is 0 Å². The van der Waals surface area contributed by atoms with E-state index in [0.717, 1.165) is 72.3 Å². The molecule has 8 aromatic carbocycles. The number of thiophene rings is 1. The number of furan rings is 1. The third kappa shape index (κ3) is 5.58. The highest BCUT2D eigenvalue weighted by Gasteiger charge is 2.18. The van der Waals surface area contributed by atoms with Gasteiger partial charge in [-0.2, -0.15) is 0 Å². The van der Waals surface area contributed by atoms with Crippen LogP contribution in [-0.2, 0) is 0 Å². The lowest BCUT2D eigenvalue weighted by molar-refractivity contribution is 0.670. The highest BCUT2D eigenvalue weighted by atomic mass is 32.1. The Morgan fingerprint density at radius 2 is 0.946 bits per heavy atom. The molecule has 4 heteroatoms. The number of hydrogen-bond acceptors (Lipinski definition) is 4. The SMILES string of the molecule is c1ccc(-c2nc(-c3cc(-c4ccc5sc6ccccc6c5c4)cc(-c4ccccc4-c4ccccc4)c3)cc(-c3cccc4c3oc3ccccc34)n2)cc1. The Kier molecular flexibility index (Phi) is 7.68. The first kappa shape index (κ1) is 32.3. The molecular weight excluding hydrogens is 701 g/mol. The van der Waals surface area contributed by atoms with Gasteiger partial charge in [-0.05, 0) is 88.0 Å². The monoisotopic (exact) mass is 732 g/mol. The Morgan fingerprint density at radius 3 is 1.79 bits per heavy atom. The van der Waals surface area contributed by atoms with Crippen molar-refractivity contribution in [2.75, 3.05) is 0 Å². The average molecular weight is 733 g/mol. The number of fused-ring (bicyclic) bond motifs is 6. The van der Waals surface area contributed by atoms with Crippen LogP contribution in [0.4, 0.5) is 0 Å². The topological polar surface area (TPSA) is 38.9 Å². The zero-order valence-electron chi connectivity index (χ0n) is 30.2. The Morgan fingerprint density at radius 1 is 0.339 bits per heavy atom. The maximum Gasteiger partial charge on any atom is 0.160 e. The zero-order valence-corrected chi connectivity index (χ0v) is 31.0. The summed E-state index contributed by atoms with van der Waals surface area (Å²) in [4.78, 5) is 10.5. The molecule has 0 atom stereocenters. The second-order valence-electron chi connectivity index (χ2n) is 14.1. The van der Waals surface area contributed by atoms with E-state index in [2.05, 4.69) is 164 Å². The van der Waals surface area contributed by atoms with E-state index < -0.39 is 0 Å².